The maximum absolute atomic E-state index is 15.5. The van der Waals surface area contributed by atoms with Gasteiger partial charge in [-0.25, -0.2) is 14.4 Å². The molecule has 0 bridgehead atoms. The number of nitrogens with zero attached hydrogens (tertiary/aromatic N) is 4. The predicted molar refractivity (Wildman–Crippen MR) is 139 cm³/mol. The van der Waals surface area contributed by atoms with Crippen LogP contribution in [-0.4, -0.2) is 87.0 Å². The number of halogens is 4. The molecule has 3 saturated heterocycles. The first kappa shape index (κ1) is 28.0. The first-order valence-corrected chi connectivity index (χ1v) is 13.2. The smallest absolute Gasteiger partial charge is 0.378 e. The van der Waals surface area contributed by atoms with Gasteiger partial charge in [0.1, 0.15) is 5.82 Å². The van der Waals surface area contributed by atoms with E-state index in [1.54, 1.807) is 0 Å². The molecule has 216 valence electrons. The molecule has 3 fully saturated rings. The number of likely N-dealkylation sites (N-methyl/N-ethyl adjacent to an activating group) is 1. The second-order valence-electron chi connectivity index (χ2n) is 10.2. The number of alkyl halides is 3. The van der Waals surface area contributed by atoms with Crippen molar-refractivity contribution >= 4 is 29.1 Å². The molecule has 10 nitrogen and oxygen atoms in total. The highest BCUT2D eigenvalue weighted by molar-refractivity contribution is 5.98. The van der Waals surface area contributed by atoms with Crippen molar-refractivity contribution in [2.45, 2.75) is 25.1 Å². The Balaban J connectivity index is 1.46. The zero-order chi connectivity index (χ0) is 28.4. The van der Waals surface area contributed by atoms with Crippen LogP contribution in [-0.2, 0) is 14.3 Å². The van der Waals surface area contributed by atoms with E-state index >= 15 is 4.39 Å². The lowest BCUT2D eigenvalue weighted by molar-refractivity contribution is -0.197. The number of hydrogen-bond acceptors (Lipinski definition) is 8. The van der Waals surface area contributed by atoms with Gasteiger partial charge < -0.3 is 30.5 Å². The van der Waals surface area contributed by atoms with Crippen LogP contribution < -0.4 is 25.8 Å². The molecule has 2 amide bonds. The van der Waals surface area contributed by atoms with Crippen LogP contribution in [0, 0.1) is 17.7 Å². The van der Waals surface area contributed by atoms with Crippen LogP contribution in [0.2, 0.25) is 0 Å². The van der Waals surface area contributed by atoms with Gasteiger partial charge in [0.2, 0.25) is 17.8 Å². The van der Waals surface area contributed by atoms with Crippen LogP contribution in [0.3, 0.4) is 0 Å². The lowest BCUT2D eigenvalue weighted by atomic mass is 9.84. The topological polar surface area (TPSA) is 112 Å². The number of amides is 2. The highest BCUT2D eigenvalue weighted by atomic mass is 19.4. The normalized spacial score (nSPS) is 23.7. The minimum Gasteiger partial charge on any atom is -0.378 e. The van der Waals surface area contributed by atoms with Gasteiger partial charge in [-0.2, -0.15) is 13.2 Å². The molecular weight excluding hydrogens is 534 g/mol. The van der Waals surface area contributed by atoms with Crippen molar-refractivity contribution < 1.29 is 31.9 Å². The van der Waals surface area contributed by atoms with Gasteiger partial charge in [0.05, 0.1) is 36.4 Å². The van der Waals surface area contributed by atoms with Gasteiger partial charge in [0.25, 0.3) is 0 Å². The van der Waals surface area contributed by atoms with Crippen molar-refractivity contribution in [3.05, 3.63) is 30.3 Å². The van der Waals surface area contributed by atoms with Crippen molar-refractivity contribution in [2.24, 2.45) is 11.8 Å². The van der Waals surface area contributed by atoms with Gasteiger partial charge >= 0.3 is 6.18 Å². The highest BCUT2D eigenvalue weighted by Crippen LogP contribution is 2.39. The summed E-state index contributed by atoms with van der Waals surface area (Å²) in [7, 11) is 1.82. The molecule has 3 aliphatic rings. The molecule has 2 aromatic rings. The van der Waals surface area contributed by atoms with Crippen molar-refractivity contribution in [1.29, 1.82) is 0 Å². The molecule has 3 unspecified atom stereocenters. The van der Waals surface area contributed by atoms with E-state index < -0.39 is 48.6 Å². The number of carbonyl (C=O) groups is 2. The number of hydrogen-bond donors (Lipinski definition) is 3. The Morgan fingerprint density at radius 3 is 2.50 bits per heavy atom. The third-order valence-electron chi connectivity index (χ3n) is 7.69. The Hall–Kier alpha value is -3.52. The fourth-order valence-corrected chi connectivity index (χ4v) is 5.37. The minimum atomic E-state index is -4.73. The standard InChI is InChI=1S/C26H31F4N7O3/c1-31-16-2-3-37(14-16)22-10-20(27)17(15-11-33-25(34-12-15)36-4-6-40-7-5-36)8-21(22)35-24(39)18-13-32-23(38)9-19(18)26(28,29)30/h8,10-12,16,18-19,31H,2-7,9,13-14H2,1H3,(H,32,38)(H,35,39). The molecule has 14 heteroatoms. The van der Waals surface area contributed by atoms with Crippen LogP contribution >= 0.6 is 0 Å². The molecule has 0 saturated carbocycles. The second kappa shape index (κ2) is 11.5. The van der Waals surface area contributed by atoms with Gasteiger partial charge in [-0.15, -0.1) is 0 Å². The van der Waals surface area contributed by atoms with E-state index in [9.17, 15) is 22.8 Å². The molecule has 5 rings (SSSR count). The zero-order valence-electron chi connectivity index (χ0n) is 21.9. The van der Waals surface area contributed by atoms with Gasteiger partial charge in [0.15, 0.2) is 0 Å². The van der Waals surface area contributed by atoms with Crippen LogP contribution in [0.1, 0.15) is 12.8 Å². The number of ether oxygens (including phenoxy) is 1. The van der Waals surface area contributed by atoms with Crippen LogP contribution in [0.4, 0.5) is 34.9 Å². The number of rotatable bonds is 6. The maximum atomic E-state index is 15.5. The summed E-state index contributed by atoms with van der Waals surface area (Å²) in [5, 5.41) is 8.15. The highest BCUT2D eigenvalue weighted by Gasteiger charge is 2.50. The summed E-state index contributed by atoms with van der Waals surface area (Å²) in [4.78, 5) is 37.5. The average molecular weight is 566 g/mol. The lowest BCUT2D eigenvalue weighted by Gasteiger charge is -2.32. The maximum Gasteiger partial charge on any atom is 0.393 e. The van der Waals surface area contributed by atoms with Gasteiger partial charge in [-0.05, 0) is 25.6 Å². The summed E-state index contributed by atoms with van der Waals surface area (Å²) in [6.45, 7) is 3.01. The number of piperidine rings is 1. The fourth-order valence-electron chi connectivity index (χ4n) is 5.37. The summed E-state index contributed by atoms with van der Waals surface area (Å²) in [6, 6.07) is 2.82. The van der Waals surface area contributed by atoms with E-state index in [0.717, 1.165) is 6.42 Å². The number of anilines is 3. The van der Waals surface area contributed by atoms with Crippen molar-refractivity contribution in [3.8, 4) is 11.1 Å². The molecule has 4 heterocycles. The molecule has 0 radical (unpaired) electrons. The van der Waals surface area contributed by atoms with Crippen LogP contribution in [0.25, 0.3) is 11.1 Å². The second-order valence-corrected chi connectivity index (χ2v) is 10.2. The predicted octanol–water partition coefficient (Wildman–Crippen LogP) is 2.17. The van der Waals surface area contributed by atoms with Crippen LogP contribution in [0.5, 0.6) is 0 Å². The Morgan fingerprint density at radius 1 is 1.12 bits per heavy atom. The first-order valence-electron chi connectivity index (χ1n) is 13.2. The molecule has 3 aliphatic heterocycles. The molecule has 3 atom stereocenters. The van der Waals surface area contributed by atoms with Crippen molar-refractivity contribution in [3.63, 3.8) is 0 Å². The SMILES string of the molecule is CNC1CCN(c2cc(F)c(-c3cnc(N4CCOCC4)nc3)cc2NC(=O)C2CNC(=O)CC2C(F)(F)F)C1. The van der Waals surface area contributed by atoms with Crippen LogP contribution in [0.15, 0.2) is 24.5 Å². The number of aromatic nitrogens is 2. The van der Waals surface area contributed by atoms with E-state index in [1.807, 2.05) is 16.8 Å². The number of morpholine rings is 1. The largest absolute Gasteiger partial charge is 0.393 e. The molecular formula is C26H31F4N7O3. The van der Waals surface area contributed by atoms with E-state index in [2.05, 4.69) is 25.9 Å². The number of benzene rings is 1. The van der Waals surface area contributed by atoms with E-state index in [-0.39, 0.29) is 17.3 Å². The molecule has 3 N–H and O–H groups in total. The van der Waals surface area contributed by atoms with Gasteiger partial charge in [0, 0.05) is 68.7 Å². The third-order valence-corrected chi connectivity index (χ3v) is 7.69. The summed E-state index contributed by atoms with van der Waals surface area (Å²) in [5.74, 6) is -5.41. The summed E-state index contributed by atoms with van der Waals surface area (Å²) >= 11 is 0. The average Bonchev–Trinajstić information content (AvgIpc) is 3.43. The Bertz CT molecular complexity index is 1240. The Morgan fingerprint density at radius 2 is 1.85 bits per heavy atom. The number of carbonyl (C=O) groups excluding carboxylic acids is 2. The van der Waals surface area contributed by atoms with Gasteiger partial charge in [-0.1, -0.05) is 0 Å². The summed E-state index contributed by atoms with van der Waals surface area (Å²) < 4.78 is 62.0. The van der Waals surface area contributed by atoms with E-state index in [4.69, 9.17) is 4.74 Å². The first-order chi connectivity index (χ1) is 19.1. The molecule has 0 spiro atoms. The fraction of sp³-hybridized carbons (Fsp3) is 0.538. The van der Waals surface area contributed by atoms with E-state index in [0.29, 0.717) is 56.6 Å². The lowest BCUT2D eigenvalue weighted by Crippen LogP contribution is -2.50. The van der Waals surface area contributed by atoms with Crippen molar-refractivity contribution in [2.75, 3.05) is 68.1 Å². The molecule has 0 aliphatic carbocycles. The summed E-state index contributed by atoms with van der Waals surface area (Å²) in [6.07, 6.45) is -1.83. The monoisotopic (exact) mass is 565 g/mol. The number of nitrogens with one attached hydrogen (secondary N) is 3. The molecule has 1 aromatic heterocycles. The van der Waals surface area contributed by atoms with Crippen molar-refractivity contribution in [1.82, 2.24) is 20.6 Å². The zero-order valence-corrected chi connectivity index (χ0v) is 21.9. The quantitative estimate of drug-likeness (QED) is 0.458. The minimum absolute atomic E-state index is 0.0984. The van der Waals surface area contributed by atoms with E-state index in [1.165, 1.54) is 24.5 Å². The van der Waals surface area contributed by atoms with Gasteiger partial charge in [-0.3, -0.25) is 9.59 Å². The third kappa shape index (κ3) is 5.97. The summed E-state index contributed by atoms with van der Waals surface area (Å²) in [5.41, 5.74) is 0.986. The molecule has 1 aromatic carbocycles. The Kier molecular flexibility index (Phi) is 8.08. The molecule has 40 heavy (non-hydrogen) atoms. The Labute approximate surface area is 228 Å².